The van der Waals surface area contributed by atoms with Gasteiger partial charge in [-0.25, -0.2) is 18.7 Å². The van der Waals surface area contributed by atoms with E-state index in [-0.39, 0.29) is 5.17 Å². The standard InChI is InChI=1S/C4H5N2O2S/c1-9(7,8)4-5-2-3-6-4/h2-3H,1H3. The third-order valence-corrected chi connectivity index (χ3v) is 1.64. The average Bonchev–Trinajstić information content (AvgIpc) is 2.08. The molecule has 1 radical (unpaired) electrons. The molecule has 0 bridgehead atoms. The minimum Gasteiger partial charge on any atom is -0.225 e. The Morgan fingerprint density at radius 2 is 2.11 bits per heavy atom. The van der Waals surface area contributed by atoms with Crippen LogP contribution in [0.25, 0.3) is 0 Å². The molecule has 1 heterocycles. The molecule has 0 saturated carbocycles. The van der Waals surface area contributed by atoms with Crippen LogP contribution in [0.4, 0.5) is 0 Å². The number of hydrogen-bond acceptors (Lipinski definition) is 3. The van der Waals surface area contributed by atoms with Gasteiger partial charge in [-0.2, -0.15) is 0 Å². The summed E-state index contributed by atoms with van der Waals surface area (Å²) in [4.78, 5) is 3.49. The number of hydrogen-bond donors (Lipinski definition) is 0. The summed E-state index contributed by atoms with van der Waals surface area (Å²) in [6.07, 6.45) is 3.76. The van der Waals surface area contributed by atoms with E-state index in [1.165, 1.54) is 12.4 Å². The van der Waals surface area contributed by atoms with Crippen LogP contribution in [0.1, 0.15) is 0 Å². The Balaban J connectivity index is 2.92. The van der Waals surface area contributed by atoms with Gasteiger partial charge < -0.3 is 0 Å². The Morgan fingerprint density at radius 3 is 2.33 bits per heavy atom. The lowest BCUT2D eigenvalue weighted by atomic mass is 11.0. The van der Waals surface area contributed by atoms with Crippen LogP contribution in [0.2, 0.25) is 0 Å². The van der Waals surface area contributed by atoms with Crippen LogP contribution < -0.4 is 5.32 Å². The molecular formula is C4H5N2O2S. The summed E-state index contributed by atoms with van der Waals surface area (Å²) in [5.74, 6) is 0. The fraction of sp³-hybridized carbons (Fsp3) is 0.250. The maximum atomic E-state index is 10.6. The molecule has 0 spiro atoms. The monoisotopic (exact) mass is 145 g/mol. The fourth-order valence-corrected chi connectivity index (χ4v) is 0.924. The van der Waals surface area contributed by atoms with Gasteiger partial charge in [-0.3, -0.25) is 0 Å². The topological polar surface area (TPSA) is 60.6 Å². The Bertz CT molecular complexity index is 262. The number of sulfone groups is 1. The largest absolute Gasteiger partial charge is 0.246 e. The van der Waals surface area contributed by atoms with Gasteiger partial charge in [-0.05, 0) is 0 Å². The van der Waals surface area contributed by atoms with Crippen molar-refractivity contribution in [2.45, 2.75) is 0 Å². The highest BCUT2D eigenvalue weighted by Crippen LogP contribution is 1.95. The average molecular weight is 145 g/mol. The molecule has 0 aromatic rings. The van der Waals surface area contributed by atoms with E-state index in [0.29, 0.717) is 0 Å². The minimum atomic E-state index is -3.18. The molecule has 5 heteroatoms. The summed E-state index contributed by atoms with van der Waals surface area (Å²) in [6, 6.07) is 0. The zero-order valence-corrected chi connectivity index (χ0v) is 5.59. The van der Waals surface area contributed by atoms with Crippen LogP contribution in [0.3, 0.4) is 0 Å². The van der Waals surface area contributed by atoms with Crippen molar-refractivity contribution in [2.24, 2.45) is 4.99 Å². The van der Waals surface area contributed by atoms with Crippen molar-refractivity contribution in [3.63, 3.8) is 0 Å². The number of amidine groups is 1. The van der Waals surface area contributed by atoms with Gasteiger partial charge in [0.15, 0.2) is 0 Å². The third-order valence-electron chi connectivity index (χ3n) is 0.768. The smallest absolute Gasteiger partial charge is 0.225 e. The van der Waals surface area contributed by atoms with Crippen LogP contribution in [0, 0.1) is 0 Å². The second-order valence-electron chi connectivity index (χ2n) is 1.61. The van der Waals surface area contributed by atoms with Crippen LogP contribution in [-0.4, -0.2) is 19.8 Å². The van der Waals surface area contributed by atoms with E-state index in [2.05, 4.69) is 10.3 Å². The Hall–Kier alpha value is -0.840. The molecular weight excluding hydrogens is 140 g/mol. The van der Waals surface area contributed by atoms with E-state index in [9.17, 15) is 8.42 Å². The molecule has 0 N–H and O–H groups in total. The van der Waals surface area contributed by atoms with Crippen LogP contribution in [-0.2, 0) is 9.84 Å². The molecule has 0 fully saturated rings. The first-order valence-corrected chi connectivity index (χ1v) is 4.13. The van der Waals surface area contributed by atoms with E-state index in [1.807, 2.05) is 0 Å². The van der Waals surface area contributed by atoms with Crippen molar-refractivity contribution in [1.29, 1.82) is 0 Å². The van der Waals surface area contributed by atoms with Crippen molar-refractivity contribution in [1.82, 2.24) is 5.32 Å². The molecule has 9 heavy (non-hydrogen) atoms. The Morgan fingerprint density at radius 1 is 1.44 bits per heavy atom. The van der Waals surface area contributed by atoms with Gasteiger partial charge >= 0.3 is 0 Å². The summed E-state index contributed by atoms with van der Waals surface area (Å²) < 4.78 is 21.1. The maximum absolute atomic E-state index is 10.6. The fourth-order valence-electron chi connectivity index (χ4n) is 0.419. The first-order chi connectivity index (χ1) is 4.11. The van der Waals surface area contributed by atoms with E-state index in [4.69, 9.17) is 0 Å². The molecule has 49 valence electrons. The second-order valence-corrected chi connectivity index (χ2v) is 3.52. The highest BCUT2D eigenvalue weighted by molar-refractivity contribution is 8.05. The minimum absolute atomic E-state index is 0.109. The first kappa shape index (κ1) is 6.28. The molecule has 1 aliphatic heterocycles. The van der Waals surface area contributed by atoms with Gasteiger partial charge in [0.2, 0.25) is 15.0 Å². The molecule has 1 aliphatic rings. The molecule has 0 aromatic heterocycles. The zero-order valence-electron chi connectivity index (χ0n) is 4.77. The lowest BCUT2D eigenvalue weighted by molar-refractivity contribution is 0.611. The highest BCUT2D eigenvalue weighted by Gasteiger charge is 2.14. The molecule has 0 aliphatic carbocycles. The SMILES string of the molecule is CS(=O)(=O)C1=NC=C[N]1. The van der Waals surface area contributed by atoms with E-state index >= 15 is 0 Å². The van der Waals surface area contributed by atoms with Gasteiger partial charge in [-0.1, -0.05) is 0 Å². The Kier molecular flexibility index (Phi) is 1.28. The zero-order chi connectivity index (χ0) is 6.91. The number of aliphatic imine (C=N–C) groups is 1. The van der Waals surface area contributed by atoms with Crippen LogP contribution in [0.5, 0.6) is 0 Å². The van der Waals surface area contributed by atoms with Crippen molar-refractivity contribution in [3.8, 4) is 0 Å². The molecule has 0 unspecified atom stereocenters. The Labute approximate surface area is 53.2 Å². The molecule has 1 rings (SSSR count). The first-order valence-electron chi connectivity index (χ1n) is 2.24. The van der Waals surface area contributed by atoms with Crippen molar-refractivity contribution in [3.05, 3.63) is 12.4 Å². The lowest BCUT2D eigenvalue weighted by Crippen LogP contribution is -2.17. The summed E-state index contributed by atoms with van der Waals surface area (Å²) in [7, 11) is -3.18. The normalized spacial score (nSPS) is 17.2. The van der Waals surface area contributed by atoms with Crippen molar-refractivity contribution in [2.75, 3.05) is 6.26 Å². The van der Waals surface area contributed by atoms with Crippen LogP contribution in [0.15, 0.2) is 17.4 Å². The van der Waals surface area contributed by atoms with Gasteiger partial charge in [0.25, 0.3) is 0 Å². The van der Waals surface area contributed by atoms with Gasteiger partial charge in [-0.15, -0.1) is 0 Å². The van der Waals surface area contributed by atoms with Crippen molar-refractivity contribution < 1.29 is 8.42 Å². The number of rotatable bonds is 0. The van der Waals surface area contributed by atoms with Crippen molar-refractivity contribution >= 4 is 15.0 Å². The summed E-state index contributed by atoms with van der Waals surface area (Å²) in [6.45, 7) is 0. The molecule has 0 amide bonds. The van der Waals surface area contributed by atoms with E-state index in [1.54, 1.807) is 0 Å². The number of nitrogens with zero attached hydrogens (tertiary/aromatic N) is 2. The summed E-state index contributed by atoms with van der Waals surface area (Å²) in [5, 5.41) is 3.38. The molecule has 0 atom stereocenters. The summed E-state index contributed by atoms with van der Waals surface area (Å²) in [5.41, 5.74) is 0. The maximum Gasteiger partial charge on any atom is 0.246 e. The highest BCUT2D eigenvalue weighted by atomic mass is 32.2. The third kappa shape index (κ3) is 1.29. The van der Waals surface area contributed by atoms with Gasteiger partial charge in [0.1, 0.15) is 0 Å². The van der Waals surface area contributed by atoms with Gasteiger partial charge in [0, 0.05) is 18.7 Å². The van der Waals surface area contributed by atoms with Crippen LogP contribution >= 0.6 is 0 Å². The molecule has 0 aromatic carbocycles. The van der Waals surface area contributed by atoms with E-state index in [0.717, 1.165) is 6.26 Å². The predicted molar refractivity (Wildman–Crippen MR) is 33.6 cm³/mol. The predicted octanol–water partition coefficient (Wildman–Crippen LogP) is -0.524. The molecule has 0 saturated heterocycles. The second kappa shape index (κ2) is 1.84. The van der Waals surface area contributed by atoms with Gasteiger partial charge in [0.05, 0.1) is 0 Å². The summed E-state index contributed by atoms with van der Waals surface area (Å²) >= 11 is 0. The quantitative estimate of drug-likeness (QED) is 0.460. The molecule has 4 nitrogen and oxygen atoms in total. The van der Waals surface area contributed by atoms with E-state index < -0.39 is 9.84 Å². The lowest BCUT2D eigenvalue weighted by Gasteiger charge is -1.91.